The molecule has 0 spiro atoms. The Labute approximate surface area is 418 Å². The van der Waals surface area contributed by atoms with Crippen LogP contribution in [0.4, 0.5) is 44.7 Å². The summed E-state index contributed by atoms with van der Waals surface area (Å²) >= 11 is 0. The van der Waals surface area contributed by atoms with Gasteiger partial charge in [0.2, 0.25) is 5.82 Å². The Morgan fingerprint density at radius 2 is 1.00 bits per heavy atom. The molecule has 0 bridgehead atoms. The first-order chi connectivity index (χ1) is 35.1. The average Bonchev–Trinajstić information content (AvgIpc) is 4.05. The van der Waals surface area contributed by atoms with Crippen molar-refractivity contribution >= 4 is 66.4 Å². The fourth-order valence-electron chi connectivity index (χ4n) is 10.6. The normalized spacial score (nSPS) is 13.0. The molecule has 4 heterocycles. The highest BCUT2D eigenvalue weighted by Gasteiger charge is 2.36. The van der Waals surface area contributed by atoms with Crippen LogP contribution in [-0.2, 0) is 10.8 Å². The lowest BCUT2D eigenvalue weighted by Gasteiger charge is -2.32. The SMILES string of the molecule is CC(C)(C)c1ccnc(-n2c3ccccc3c3ccc(Oc4cc(N5CN(c6c(-c7c(F)c(F)c(F)c(F)c7F)cccc6C(C)(C)C)c6ccccc65)cc(-n5c6ccccc6c6ccccc65)c4)cc32)c1. The van der Waals surface area contributed by atoms with E-state index < -0.39 is 40.1 Å². The van der Waals surface area contributed by atoms with Gasteiger partial charge in [0.25, 0.3) is 0 Å². The Kier molecular flexibility index (Phi) is 10.5. The van der Waals surface area contributed by atoms with Crippen molar-refractivity contribution in [2.45, 2.75) is 52.4 Å². The molecule has 12 rings (SSSR count). The molecule has 1 aliphatic heterocycles. The maximum Gasteiger partial charge on any atom is 0.200 e. The molecular formula is C62H48F5N5O. The van der Waals surface area contributed by atoms with Crippen LogP contribution in [-0.4, -0.2) is 20.8 Å². The summed E-state index contributed by atoms with van der Waals surface area (Å²) in [6.07, 6.45) is 1.86. The van der Waals surface area contributed by atoms with Crippen LogP contribution in [0.1, 0.15) is 52.7 Å². The van der Waals surface area contributed by atoms with E-state index in [0.717, 1.165) is 66.4 Å². The number of pyridine rings is 1. The predicted octanol–water partition coefficient (Wildman–Crippen LogP) is 17.3. The van der Waals surface area contributed by atoms with E-state index in [1.54, 1.807) is 6.07 Å². The Morgan fingerprint density at radius 1 is 0.452 bits per heavy atom. The van der Waals surface area contributed by atoms with Gasteiger partial charge in [-0.3, -0.25) is 4.57 Å². The van der Waals surface area contributed by atoms with Crippen molar-refractivity contribution in [3.8, 4) is 34.1 Å². The zero-order valence-corrected chi connectivity index (χ0v) is 40.9. The molecule has 6 nitrogen and oxygen atoms in total. The third-order valence-corrected chi connectivity index (χ3v) is 14.1. The lowest BCUT2D eigenvalue weighted by molar-refractivity contribution is 0.381. The molecule has 1 aliphatic rings. The number of halogens is 5. The van der Waals surface area contributed by atoms with E-state index in [4.69, 9.17) is 9.72 Å². The third kappa shape index (κ3) is 7.39. The predicted molar refractivity (Wildman–Crippen MR) is 284 cm³/mol. The van der Waals surface area contributed by atoms with E-state index >= 15 is 17.6 Å². The minimum atomic E-state index is -2.21. The van der Waals surface area contributed by atoms with Gasteiger partial charge < -0.3 is 19.1 Å². The molecule has 0 atom stereocenters. The number of ether oxygens (including phenoxy) is 1. The second-order valence-corrected chi connectivity index (χ2v) is 20.7. The van der Waals surface area contributed by atoms with Crippen LogP contribution in [0.25, 0.3) is 66.2 Å². The molecule has 0 aliphatic carbocycles. The average molecular weight is 974 g/mol. The summed E-state index contributed by atoms with van der Waals surface area (Å²) in [5, 5.41) is 4.27. The Hall–Kier alpha value is -8.44. The van der Waals surface area contributed by atoms with Gasteiger partial charge in [0.1, 0.15) is 24.0 Å². The Balaban J connectivity index is 1.05. The smallest absolute Gasteiger partial charge is 0.200 e. The molecule has 0 N–H and O–H groups in total. The van der Waals surface area contributed by atoms with Gasteiger partial charge in [-0.05, 0) is 82.6 Å². The molecule has 3 aromatic heterocycles. The van der Waals surface area contributed by atoms with Crippen LogP contribution >= 0.6 is 0 Å². The van der Waals surface area contributed by atoms with E-state index in [2.05, 4.69) is 95.5 Å². The molecule has 11 aromatic rings. The van der Waals surface area contributed by atoms with Crippen LogP contribution in [0.3, 0.4) is 0 Å². The van der Waals surface area contributed by atoms with E-state index in [1.165, 1.54) is 6.07 Å². The molecule has 73 heavy (non-hydrogen) atoms. The first-order valence-electron chi connectivity index (χ1n) is 24.2. The highest BCUT2D eigenvalue weighted by Crippen LogP contribution is 2.52. The Bertz CT molecular complexity index is 3970. The summed E-state index contributed by atoms with van der Waals surface area (Å²) in [5.41, 5.74) is 7.06. The lowest BCUT2D eigenvalue weighted by Crippen LogP contribution is -2.27. The van der Waals surface area contributed by atoms with Gasteiger partial charge in [0.15, 0.2) is 23.3 Å². The number of rotatable bonds is 7. The van der Waals surface area contributed by atoms with Gasteiger partial charge in [-0.15, -0.1) is 0 Å². The van der Waals surface area contributed by atoms with Crippen molar-refractivity contribution in [2.75, 3.05) is 16.5 Å². The second-order valence-electron chi connectivity index (χ2n) is 20.7. The summed E-state index contributed by atoms with van der Waals surface area (Å²) in [5.74, 6) is -8.13. The minimum absolute atomic E-state index is 0.0948. The van der Waals surface area contributed by atoms with Crippen LogP contribution in [0.15, 0.2) is 170 Å². The number of benzene rings is 8. The summed E-state index contributed by atoms with van der Waals surface area (Å²) in [6.45, 7) is 12.5. The van der Waals surface area contributed by atoms with Gasteiger partial charge in [-0.2, -0.15) is 0 Å². The maximum absolute atomic E-state index is 16.0. The summed E-state index contributed by atoms with van der Waals surface area (Å²) in [4.78, 5) is 8.86. The summed E-state index contributed by atoms with van der Waals surface area (Å²) < 4.78 is 88.1. The zero-order valence-electron chi connectivity index (χ0n) is 40.9. The molecule has 8 aromatic carbocycles. The second kappa shape index (κ2) is 16.8. The number of anilines is 4. The van der Waals surface area contributed by atoms with Crippen molar-refractivity contribution in [1.29, 1.82) is 0 Å². The number of aromatic nitrogens is 3. The van der Waals surface area contributed by atoms with Crippen molar-refractivity contribution in [2.24, 2.45) is 0 Å². The van der Waals surface area contributed by atoms with Crippen molar-refractivity contribution in [3.63, 3.8) is 0 Å². The largest absolute Gasteiger partial charge is 0.457 e. The fourth-order valence-corrected chi connectivity index (χ4v) is 10.6. The molecule has 11 heteroatoms. The van der Waals surface area contributed by atoms with Crippen LogP contribution in [0.5, 0.6) is 11.5 Å². The minimum Gasteiger partial charge on any atom is -0.457 e. The summed E-state index contributed by atoms with van der Waals surface area (Å²) in [6, 6.07) is 53.6. The summed E-state index contributed by atoms with van der Waals surface area (Å²) in [7, 11) is 0. The van der Waals surface area contributed by atoms with Crippen molar-refractivity contribution in [3.05, 3.63) is 210 Å². The maximum atomic E-state index is 16.0. The standard InChI is InChI=1S/C62H48F5N5O/c1-61(2,3)36-28-29-68-53(30-36)72-49-23-12-9-18-43(49)44-27-26-39(34-52(44)72)73-40-32-37(31-38(33-40)71-47-21-10-7-16-41(47)42-17-8-11-22-48(42)71)69-35-70(51-25-14-13-24-50(51)69)60-45(19-15-20-46(60)62(4,5)6)54-55(63)57(65)59(67)58(66)56(54)64/h7-34H,35H2,1-6H3. The van der Waals surface area contributed by atoms with Crippen LogP contribution < -0.4 is 14.5 Å². The highest BCUT2D eigenvalue weighted by atomic mass is 19.2. The van der Waals surface area contributed by atoms with Crippen molar-refractivity contribution < 1.29 is 26.7 Å². The van der Waals surface area contributed by atoms with Gasteiger partial charge in [-0.1, -0.05) is 126 Å². The molecule has 0 unspecified atom stereocenters. The Morgan fingerprint density at radius 3 is 1.62 bits per heavy atom. The van der Waals surface area contributed by atoms with Crippen LogP contribution in [0, 0.1) is 29.1 Å². The first-order valence-corrected chi connectivity index (χ1v) is 24.2. The molecule has 0 saturated carbocycles. The molecule has 0 saturated heterocycles. The number of nitrogens with zero attached hydrogens (tertiary/aromatic N) is 5. The number of para-hydroxylation sites is 6. The van der Waals surface area contributed by atoms with Crippen LogP contribution in [0.2, 0.25) is 0 Å². The van der Waals surface area contributed by atoms with E-state index in [9.17, 15) is 4.39 Å². The first kappa shape index (κ1) is 45.7. The van der Waals surface area contributed by atoms with E-state index in [1.807, 2.05) is 123 Å². The lowest BCUT2D eigenvalue weighted by atomic mass is 9.83. The molecule has 0 amide bonds. The number of hydrogen-bond acceptors (Lipinski definition) is 4. The van der Waals surface area contributed by atoms with Gasteiger partial charge in [0, 0.05) is 57.2 Å². The topological polar surface area (TPSA) is 38.5 Å². The highest BCUT2D eigenvalue weighted by molar-refractivity contribution is 6.10. The van der Waals surface area contributed by atoms with Gasteiger partial charge >= 0.3 is 0 Å². The van der Waals surface area contributed by atoms with Gasteiger partial charge in [0.05, 0.1) is 50.4 Å². The monoisotopic (exact) mass is 973 g/mol. The van der Waals surface area contributed by atoms with Gasteiger partial charge in [-0.25, -0.2) is 26.9 Å². The number of fused-ring (bicyclic) bond motifs is 7. The van der Waals surface area contributed by atoms with E-state index in [0.29, 0.717) is 34.1 Å². The zero-order chi connectivity index (χ0) is 50.7. The van der Waals surface area contributed by atoms with E-state index in [-0.39, 0.29) is 17.6 Å². The number of hydrogen-bond donors (Lipinski definition) is 0. The molecule has 362 valence electrons. The molecular weight excluding hydrogens is 926 g/mol. The molecule has 0 radical (unpaired) electrons. The van der Waals surface area contributed by atoms with Crippen molar-refractivity contribution in [1.82, 2.24) is 14.1 Å². The third-order valence-electron chi connectivity index (χ3n) is 14.1. The quantitative estimate of drug-likeness (QED) is 0.0906. The fraction of sp³-hybridized carbons (Fsp3) is 0.145. The molecule has 0 fully saturated rings.